The van der Waals surface area contributed by atoms with E-state index in [1.807, 2.05) is 6.07 Å². The molecule has 0 saturated carbocycles. The molecule has 0 aliphatic carbocycles. The maximum Gasteiger partial charge on any atom is 0.0734 e. The van der Waals surface area contributed by atoms with E-state index in [-0.39, 0.29) is 0 Å². The lowest BCUT2D eigenvalue weighted by atomic mass is 10.2. The molecule has 0 spiro atoms. The maximum absolute atomic E-state index is 5.56. The molecule has 10 heavy (non-hydrogen) atoms. The number of nitrogens with two attached hydrogens (primary N) is 1. The first kappa shape index (κ1) is 7.02. The predicted molar refractivity (Wildman–Crippen MR) is 39.4 cm³/mol. The Hall–Kier alpha value is -1.09. The molecule has 1 aromatic heterocycles. The molecule has 1 rings (SSSR count). The minimum atomic E-state index is 0.550. The van der Waals surface area contributed by atoms with E-state index >= 15 is 0 Å². The van der Waals surface area contributed by atoms with Gasteiger partial charge in [-0.05, 0) is 6.07 Å². The molecule has 1 heterocycles. The molecular weight excluding hydrogens is 128 g/mol. The fourth-order valence-corrected chi connectivity index (χ4v) is 0.722. The van der Waals surface area contributed by atoms with Crippen LogP contribution in [-0.4, -0.2) is 12.1 Å². The average molecular weight is 138 g/mol. The van der Waals surface area contributed by atoms with Crippen LogP contribution in [0.15, 0.2) is 18.5 Å². The van der Waals surface area contributed by atoms with Crippen LogP contribution in [0, 0.1) is 0 Å². The molecule has 0 amide bonds. The summed E-state index contributed by atoms with van der Waals surface area (Å²) in [5.41, 5.74) is 7.23. The van der Waals surface area contributed by atoms with Crippen molar-refractivity contribution >= 4 is 5.69 Å². The van der Waals surface area contributed by atoms with Crippen molar-refractivity contribution in [3.63, 3.8) is 0 Å². The predicted octanol–water partition coefficient (Wildman–Crippen LogP) is 0.810. The van der Waals surface area contributed by atoms with Gasteiger partial charge < -0.3 is 10.5 Å². The van der Waals surface area contributed by atoms with E-state index in [0.717, 1.165) is 5.56 Å². The zero-order valence-corrected chi connectivity index (χ0v) is 5.87. The molecule has 0 aromatic carbocycles. The molecular formula is C7H10N2O. The largest absolute Gasteiger partial charge is 0.397 e. The standard InChI is InChI=1S/C7H10N2O/c1-10-5-6-2-3-9-4-7(6)8/h2-4H,5,8H2,1H3. The van der Waals surface area contributed by atoms with Crippen LogP contribution >= 0.6 is 0 Å². The number of aromatic nitrogens is 1. The third-order valence-corrected chi connectivity index (χ3v) is 1.25. The summed E-state index contributed by atoms with van der Waals surface area (Å²) in [5.74, 6) is 0. The highest BCUT2D eigenvalue weighted by molar-refractivity contribution is 5.43. The highest BCUT2D eigenvalue weighted by Crippen LogP contribution is 2.08. The average Bonchev–Trinajstić information content (AvgIpc) is 1.94. The summed E-state index contributed by atoms with van der Waals surface area (Å²) in [6, 6.07) is 1.85. The Bertz CT molecular complexity index is 213. The number of nitrogen functional groups attached to an aromatic ring is 1. The summed E-state index contributed by atoms with van der Waals surface area (Å²) in [6.07, 6.45) is 3.32. The van der Waals surface area contributed by atoms with Gasteiger partial charge in [-0.3, -0.25) is 4.98 Å². The van der Waals surface area contributed by atoms with Gasteiger partial charge in [-0.1, -0.05) is 0 Å². The van der Waals surface area contributed by atoms with Gasteiger partial charge in [-0.15, -0.1) is 0 Å². The van der Waals surface area contributed by atoms with Crippen LogP contribution in [0.2, 0.25) is 0 Å². The van der Waals surface area contributed by atoms with E-state index in [1.54, 1.807) is 19.5 Å². The summed E-state index contributed by atoms with van der Waals surface area (Å²) in [7, 11) is 1.64. The van der Waals surface area contributed by atoms with Crippen molar-refractivity contribution in [1.29, 1.82) is 0 Å². The van der Waals surface area contributed by atoms with Gasteiger partial charge in [0.2, 0.25) is 0 Å². The van der Waals surface area contributed by atoms with Crippen LogP contribution in [0.5, 0.6) is 0 Å². The number of ether oxygens (including phenoxy) is 1. The summed E-state index contributed by atoms with van der Waals surface area (Å²) in [4.78, 5) is 3.85. The third kappa shape index (κ3) is 1.45. The smallest absolute Gasteiger partial charge is 0.0734 e. The Balaban J connectivity index is 2.81. The zero-order valence-electron chi connectivity index (χ0n) is 5.87. The SMILES string of the molecule is COCc1ccncc1N. The fraction of sp³-hybridized carbons (Fsp3) is 0.286. The number of anilines is 1. The minimum Gasteiger partial charge on any atom is -0.397 e. The summed E-state index contributed by atoms with van der Waals surface area (Å²) >= 11 is 0. The second kappa shape index (κ2) is 3.17. The molecule has 0 unspecified atom stereocenters. The van der Waals surface area contributed by atoms with Crippen molar-refractivity contribution in [3.8, 4) is 0 Å². The number of hydrogen-bond acceptors (Lipinski definition) is 3. The summed E-state index contributed by atoms with van der Waals surface area (Å²) < 4.78 is 4.90. The number of pyridine rings is 1. The molecule has 0 bridgehead atoms. The van der Waals surface area contributed by atoms with Gasteiger partial charge in [-0.25, -0.2) is 0 Å². The van der Waals surface area contributed by atoms with Crippen molar-refractivity contribution in [2.45, 2.75) is 6.61 Å². The van der Waals surface area contributed by atoms with Gasteiger partial charge >= 0.3 is 0 Å². The molecule has 3 nitrogen and oxygen atoms in total. The Morgan fingerprint density at radius 3 is 3.10 bits per heavy atom. The van der Waals surface area contributed by atoms with Crippen LogP contribution < -0.4 is 5.73 Å². The lowest BCUT2D eigenvalue weighted by molar-refractivity contribution is 0.185. The normalized spacial score (nSPS) is 9.70. The molecule has 1 aromatic rings. The second-order valence-electron chi connectivity index (χ2n) is 2.01. The van der Waals surface area contributed by atoms with Crippen LogP contribution in [0.25, 0.3) is 0 Å². The number of methoxy groups -OCH3 is 1. The van der Waals surface area contributed by atoms with Crippen LogP contribution in [0.4, 0.5) is 5.69 Å². The Morgan fingerprint density at radius 2 is 2.50 bits per heavy atom. The van der Waals surface area contributed by atoms with Crippen LogP contribution in [0.1, 0.15) is 5.56 Å². The first-order chi connectivity index (χ1) is 4.84. The second-order valence-corrected chi connectivity index (χ2v) is 2.01. The Labute approximate surface area is 59.8 Å². The first-order valence-corrected chi connectivity index (χ1v) is 3.02. The molecule has 0 fully saturated rings. The van der Waals surface area contributed by atoms with Gasteiger partial charge in [-0.2, -0.15) is 0 Å². The number of hydrogen-bond donors (Lipinski definition) is 1. The minimum absolute atomic E-state index is 0.550. The molecule has 0 saturated heterocycles. The van der Waals surface area contributed by atoms with Gasteiger partial charge in [0, 0.05) is 18.9 Å². The molecule has 54 valence electrons. The topological polar surface area (TPSA) is 48.1 Å². The zero-order chi connectivity index (χ0) is 7.40. The van der Waals surface area contributed by atoms with E-state index in [2.05, 4.69) is 4.98 Å². The van der Waals surface area contributed by atoms with E-state index in [9.17, 15) is 0 Å². The van der Waals surface area contributed by atoms with Gasteiger partial charge in [0.15, 0.2) is 0 Å². The first-order valence-electron chi connectivity index (χ1n) is 3.02. The number of rotatable bonds is 2. The highest BCUT2D eigenvalue weighted by Gasteiger charge is 1.94. The van der Waals surface area contributed by atoms with Crippen LogP contribution in [0.3, 0.4) is 0 Å². The third-order valence-electron chi connectivity index (χ3n) is 1.25. The van der Waals surface area contributed by atoms with Crippen LogP contribution in [-0.2, 0) is 11.3 Å². The van der Waals surface area contributed by atoms with Gasteiger partial charge in [0.1, 0.15) is 0 Å². The van der Waals surface area contributed by atoms with E-state index < -0.39 is 0 Å². The molecule has 0 aliphatic heterocycles. The highest BCUT2D eigenvalue weighted by atomic mass is 16.5. The lowest BCUT2D eigenvalue weighted by Crippen LogP contribution is -1.95. The molecule has 0 atom stereocenters. The van der Waals surface area contributed by atoms with Gasteiger partial charge in [0.25, 0.3) is 0 Å². The monoisotopic (exact) mass is 138 g/mol. The van der Waals surface area contributed by atoms with Crippen molar-refractivity contribution < 1.29 is 4.74 Å². The molecule has 2 N–H and O–H groups in total. The molecule has 0 radical (unpaired) electrons. The van der Waals surface area contributed by atoms with E-state index in [4.69, 9.17) is 10.5 Å². The van der Waals surface area contributed by atoms with E-state index in [0.29, 0.717) is 12.3 Å². The summed E-state index contributed by atoms with van der Waals surface area (Å²) in [5, 5.41) is 0. The fourth-order valence-electron chi connectivity index (χ4n) is 0.722. The van der Waals surface area contributed by atoms with Crippen molar-refractivity contribution in [3.05, 3.63) is 24.0 Å². The Morgan fingerprint density at radius 1 is 1.70 bits per heavy atom. The van der Waals surface area contributed by atoms with Gasteiger partial charge in [0.05, 0.1) is 18.5 Å². The van der Waals surface area contributed by atoms with Crippen molar-refractivity contribution in [2.24, 2.45) is 0 Å². The van der Waals surface area contributed by atoms with Crippen molar-refractivity contribution in [1.82, 2.24) is 4.98 Å². The molecule has 0 aliphatic rings. The van der Waals surface area contributed by atoms with Crippen molar-refractivity contribution in [2.75, 3.05) is 12.8 Å². The lowest BCUT2D eigenvalue weighted by Gasteiger charge is -2.00. The summed E-state index contributed by atoms with van der Waals surface area (Å²) in [6.45, 7) is 0.550. The van der Waals surface area contributed by atoms with E-state index in [1.165, 1.54) is 0 Å². The Kier molecular flexibility index (Phi) is 2.23. The maximum atomic E-state index is 5.56. The molecule has 3 heteroatoms. The quantitative estimate of drug-likeness (QED) is 0.657. The number of nitrogens with zero attached hydrogens (tertiary/aromatic N) is 1.